The van der Waals surface area contributed by atoms with Crippen molar-refractivity contribution in [2.45, 2.75) is 38.0 Å². The highest BCUT2D eigenvalue weighted by Gasteiger charge is 2.37. The molecule has 2 aromatic heterocycles. The van der Waals surface area contributed by atoms with Crippen LogP contribution in [0, 0.1) is 5.82 Å². The number of nitrogens with one attached hydrogen (secondary N) is 2. The Morgan fingerprint density at radius 3 is 2.59 bits per heavy atom. The quantitative estimate of drug-likeness (QED) is 0.535. The molecule has 0 bridgehead atoms. The number of carbonyl (C=O) groups is 2. The van der Waals surface area contributed by atoms with Crippen LogP contribution in [0.25, 0.3) is 11.3 Å². The standard InChI is InChI=1S/C25H25F3N4O2/c1-25(2)13-32(3)24(34)18-11-19(30-22(18)25)15-8-9-29-21(10-15)31-23(33)17(12-20(27)28)14-4-6-16(26)7-5-14/h4-11,17,20,30H,12-13H2,1-3H3,(H,29,31,33). The van der Waals surface area contributed by atoms with Gasteiger partial charge in [-0.25, -0.2) is 18.2 Å². The summed E-state index contributed by atoms with van der Waals surface area (Å²) in [6.07, 6.45) is -1.93. The molecule has 3 heterocycles. The monoisotopic (exact) mass is 470 g/mol. The van der Waals surface area contributed by atoms with Crippen LogP contribution >= 0.6 is 0 Å². The highest BCUT2D eigenvalue weighted by atomic mass is 19.3. The van der Waals surface area contributed by atoms with E-state index in [9.17, 15) is 22.8 Å². The van der Waals surface area contributed by atoms with E-state index >= 15 is 0 Å². The number of nitrogens with zero attached hydrogens (tertiary/aromatic N) is 2. The van der Waals surface area contributed by atoms with Gasteiger partial charge in [0.05, 0.1) is 11.5 Å². The summed E-state index contributed by atoms with van der Waals surface area (Å²) in [5, 5.41) is 2.60. The van der Waals surface area contributed by atoms with Gasteiger partial charge in [0, 0.05) is 48.6 Å². The van der Waals surface area contributed by atoms with Crippen LogP contribution in [-0.4, -0.2) is 46.7 Å². The second kappa shape index (κ2) is 8.96. The summed E-state index contributed by atoms with van der Waals surface area (Å²) < 4.78 is 39.6. The highest BCUT2D eigenvalue weighted by molar-refractivity contribution is 5.99. The predicted molar refractivity (Wildman–Crippen MR) is 122 cm³/mol. The molecule has 2 amide bonds. The fourth-order valence-electron chi connectivity index (χ4n) is 4.41. The Bertz CT molecular complexity index is 1220. The first kappa shape index (κ1) is 23.5. The molecule has 34 heavy (non-hydrogen) atoms. The lowest BCUT2D eigenvalue weighted by molar-refractivity contribution is -0.118. The molecule has 0 aliphatic carbocycles. The van der Waals surface area contributed by atoms with Crippen molar-refractivity contribution in [3.63, 3.8) is 0 Å². The average molecular weight is 470 g/mol. The molecule has 1 atom stereocenters. The number of aromatic amines is 1. The van der Waals surface area contributed by atoms with Crippen LogP contribution in [0.4, 0.5) is 19.0 Å². The number of carbonyl (C=O) groups excluding carboxylic acids is 2. The van der Waals surface area contributed by atoms with E-state index in [4.69, 9.17) is 0 Å². The van der Waals surface area contributed by atoms with E-state index in [1.54, 1.807) is 30.1 Å². The Morgan fingerprint density at radius 1 is 1.21 bits per heavy atom. The van der Waals surface area contributed by atoms with Crippen LogP contribution in [0.1, 0.15) is 47.8 Å². The van der Waals surface area contributed by atoms with Crippen molar-refractivity contribution < 1.29 is 22.8 Å². The fraction of sp³-hybridized carbons (Fsp3) is 0.320. The van der Waals surface area contributed by atoms with E-state index in [0.29, 0.717) is 23.4 Å². The van der Waals surface area contributed by atoms with Crippen molar-refractivity contribution in [3.05, 3.63) is 71.3 Å². The first-order valence-corrected chi connectivity index (χ1v) is 10.8. The third-order valence-corrected chi connectivity index (χ3v) is 6.03. The minimum absolute atomic E-state index is 0.0754. The number of halogens is 3. The molecule has 1 aliphatic rings. The van der Waals surface area contributed by atoms with Crippen molar-refractivity contribution in [1.82, 2.24) is 14.9 Å². The van der Waals surface area contributed by atoms with Crippen LogP contribution < -0.4 is 5.32 Å². The molecule has 9 heteroatoms. The SMILES string of the molecule is CN1CC(C)(C)c2[nH]c(-c3ccnc(NC(=O)C(CC(F)F)c4ccc(F)cc4)c3)cc2C1=O. The first-order chi connectivity index (χ1) is 16.0. The Balaban J connectivity index is 1.61. The summed E-state index contributed by atoms with van der Waals surface area (Å²) in [6, 6.07) is 10.0. The van der Waals surface area contributed by atoms with Crippen LogP contribution in [0.3, 0.4) is 0 Å². The van der Waals surface area contributed by atoms with Gasteiger partial charge in [-0.1, -0.05) is 26.0 Å². The molecule has 1 unspecified atom stereocenters. The van der Waals surface area contributed by atoms with Gasteiger partial charge in [0.1, 0.15) is 11.6 Å². The average Bonchev–Trinajstić information content (AvgIpc) is 3.24. The van der Waals surface area contributed by atoms with Gasteiger partial charge in [-0.15, -0.1) is 0 Å². The highest BCUT2D eigenvalue weighted by Crippen LogP contribution is 2.35. The van der Waals surface area contributed by atoms with Crippen LogP contribution in [0.2, 0.25) is 0 Å². The van der Waals surface area contributed by atoms with Gasteiger partial charge in [-0.05, 0) is 35.9 Å². The Labute approximate surface area is 195 Å². The number of H-pyrrole nitrogens is 1. The van der Waals surface area contributed by atoms with E-state index in [2.05, 4.69) is 15.3 Å². The van der Waals surface area contributed by atoms with Crippen molar-refractivity contribution in [3.8, 4) is 11.3 Å². The van der Waals surface area contributed by atoms with Crippen LogP contribution in [-0.2, 0) is 10.2 Å². The summed E-state index contributed by atoms with van der Waals surface area (Å²) in [5.74, 6) is -2.25. The molecule has 0 radical (unpaired) electrons. The first-order valence-electron chi connectivity index (χ1n) is 10.8. The van der Waals surface area contributed by atoms with Gasteiger partial charge in [-0.2, -0.15) is 0 Å². The number of alkyl halides is 2. The van der Waals surface area contributed by atoms with Crippen LogP contribution in [0.5, 0.6) is 0 Å². The molecule has 0 saturated carbocycles. The Kier molecular flexibility index (Phi) is 6.20. The zero-order valence-electron chi connectivity index (χ0n) is 19.0. The van der Waals surface area contributed by atoms with Crippen molar-refractivity contribution >= 4 is 17.6 Å². The van der Waals surface area contributed by atoms with E-state index in [1.807, 2.05) is 13.8 Å². The van der Waals surface area contributed by atoms with Gasteiger partial charge in [0.15, 0.2) is 0 Å². The molecule has 1 aliphatic heterocycles. The van der Waals surface area contributed by atoms with Gasteiger partial charge >= 0.3 is 0 Å². The third kappa shape index (κ3) is 4.69. The smallest absolute Gasteiger partial charge is 0.255 e. The Morgan fingerprint density at radius 2 is 1.91 bits per heavy atom. The number of anilines is 1. The number of aromatic nitrogens is 2. The fourth-order valence-corrected chi connectivity index (χ4v) is 4.41. The summed E-state index contributed by atoms with van der Waals surface area (Å²) in [5.41, 5.74) is 2.81. The van der Waals surface area contributed by atoms with E-state index in [1.165, 1.54) is 18.3 Å². The summed E-state index contributed by atoms with van der Waals surface area (Å²) in [7, 11) is 1.76. The van der Waals surface area contributed by atoms with Crippen molar-refractivity contribution in [2.75, 3.05) is 18.9 Å². The molecule has 0 fully saturated rings. The normalized spacial score (nSPS) is 15.9. The number of hydrogen-bond donors (Lipinski definition) is 2. The second-order valence-electron chi connectivity index (χ2n) is 9.17. The molecule has 4 rings (SSSR count). The number of likely N-dealkylation sites (N-methyl/N-ethyl adjacent to an activating group) is 1. The van der Waals surface area contributed by atoms with Gasteiger partial charge in [0.2, 0.25) is 12.3 Å². The molecule has 6 nitrogen and oxygen atoms in total. The summed E-state index contributed by atoms with van der Waals surface area (Å²) in [6.45, 7) is 4.67. The second-order valence-corrected chi connectivity index (χ2v) is 9.17. The predicted octanol–water partition coefficient (Wildman–Crippen LogP) is 4.96. The largest absolute Gasteiger partial charge is 0.357 e. The maximum atomic E-state index is 13.3. The number of amides is 2. The Hall–Kier alpha value is -3.62. The van der Waals surface area contributed by atoms with Crippen LogP contribution in [0.15, 0.2) is 48.7 Å². The maximum Gasteiger partial charge on any atom is 0.255 e. The lowest BCUT2D eigenvalue weighted by Crippen LogP contribution is -2.44. The number of benzene rings is 1. The number of rotatable bonds is 6. The third-order valence-electron chi connectivity index (χ3n) is 6.03. The number of hydrogen-bond acceptors (Lipinski definition) is 3. The summed E-state index contributed by atoms with van der Waals surface area (Å²) >= 11 is 0. The molecule has 1 aromatic carbocycles. The zero-order valence-corrected chi connectivity index (χ0v) is 19.0. The van der Waals surface area contributed by atoms with Gasteiger partial charge in [0.25, 0.3) is 5.91 Å². The van der Waals surface area contributed by atoms with E-state index in [0.717, 1.165) is 17.8 Å². The molecule has 0 spiro atoms. The summed E-state index contributed by atoms with van der Waals surface area (Å²) in [4.78, 5) is 34.7. The minimum atomic E-state index is -2.72. The number of fused-ring (bicyclic) bond motifs is 1. The molecule has 2 N–H and O–H groups in total. The lowest BCUT2D eigenvalue weighted by Gasteiger charge is -2.35. The van der Waals surface area contributed by atoms with Crippen molar-refractivity contribution in [2.24, 2.45) is 0 Å². The van der Waals surface area contributed by atoms with Crippen molar-refractivity contribution in [1.29, 1.82) is 0 Å². The molecule has 3 aromatic rings. The topological polar surface area (TPSA) is 78.1 Å². The maximum absolute atomic E-state index is 13.3. The van der Waals surface area contributed by atoms with Gasteiger partial charge in [-0.3, -0.25) is 9.59 Å². The number of pyridine rings is 1. The minimum Gasteiger partial charge on any atom is -0.357 e. The molecule has 0 saturated heterocycles. The molecular formula is C25H25F3N4O2. The zero-order chi connectivity index (χ0) is 24.6. The molecule has 178 valence electrons. The van der Waals surface area contributed by atoms with E-state index in [-0.39, 0.29) is 22.7 Å². The molecular weight excluding hydrogens is 445 g/mol. The van der Waals surface area contributed by atoms with Gasteiger partial charge < -0.3 is 15.2 Å². The van der Waals surface area contributed by atoms with E-state index < -0.39 is 30.5 Å². The lowest BCUT2D eigenvalue weighted by atomic mass is 9.83.